The second-order valence-electron chi connectivity index (χ2n) is 3.56. The van der Waals surface area contributed by atoms with Crippen LogP contribution in [0.15, 0.2) is 18.3 Å². The van der Waals surface area contributed by atoms with E-state index in [4.69, 9.17) is 5.11 Å². The van der Waals surface area contributed by atoms with Crippen LogP contribution in [0.3, 0.4) is 0 Å². The molecule has 1 atom stereocenters. The lowest BCUT2D eigenvalue weighted by Gasteiger charge is -2.11. The Bertz CT molecular complexity index is 355. The van der Waals surface area contributed by atoms with Crippen molar-refractivity contribution in [1.82, 2.24) is 4.98 Å². The maximum Gasteiger partial charge on any atom is 0.335 e. The van der Waals surface area contributed by atoms with Crippen LogP contribution in [0.1, 0.15) is 30.1 Å². The number of carbonyl (C=O) groups is 1. The summed E-state index contributed by atoms with van der Waals surface area (Å²) in [5.41, 5.74) is 0.183. The van der Waals surface area contributed by atoms with Gasteiger partial charge in [-0.3, -0.25) is 0 Å². The molecule has 1 rings (SSSR count). The van der Waals surface area contributed by atoms with E-state index >= 15 is 0 Å². The van der Waals surface area contributed by atoms with Gasteiger partial charge in [-0.25, -0.2) is 9.78 Å². The molecule has 0 aliphatic heterocycles. The minimum absolute atomic E-state index is 0.183. The molecule has 3 N–H and O–H groups in total. The molecular formula is C11H16N2O3. The van der Waals surface area contributed by atoms with Gasteiger partial charge in [0.2, 0.25) is 0 Å². The maximum atomic E-state index is 10.7. The summed E-state index contributed by atoms with van der Waals surface area (Å²) in [5, 5.41) is 21.1. The number of nitrogens with one attached hydrogen (secondary N) is 1. The molecular weight excluding hydrogens is 208 g/mol. The summed E-state index contributed by atoms with van der Waals surface area (Å²) in [4.78, 5) is 14.7. The molecule has 1 heterocycles. The number of hydrogen-bond acceptors (Lipinski definition) is 4. The number of anilines is 1. The molecule has 0 amide bonds. The van der Waals surface area contributed by atoms with Gasteiger partial charge >= 0.3 is 5.97 Å². The predicted octanol–water partition coefficient (Wildman–Crippen LogP) is 1.35. The van der Waals surface area contributed by atoms with Gasteiger partial charge in [0, 0.05) is 12.7 Å². The van der Waals surface area contributed by atoms with Crippen LogP contribution in [-0.4, -0.2) is 33.8 Å². The van der Waals surface area contributed by atoms with Crippen molar-refractivity contribution < 1.29 is 15.0 Å². The number of aliphatic hydroxyl groups excluding tert-OH is 1. The predicted molar refractivity (Wildman–Crippen MR) is 60.6 cm³/mol. The van der Waals surface area contributed by atoms with Gasteiger partial charge in [0.05, 0.1) is 11.7 Å². The average molecular weight is 224 g/mol. The van der Waals surface area contributed by atoms with Crippen molar-refractivity contribution in [2.45, 2.75) is 25.9 Å². The number of aromatic carboxylic acids is 1. The quantitative estimate of drug-likeness (QED) is 0.679. The number of aromatic nitrogens is 1. The molecule has 1 aromatic heterocycles. The highest BCUT2D eigenvalue weighted by Gasteiger charge is 2.06. The van der Waals surface area contributed by atoms with E-state index in [1.54, 1.807) is 0 Å². The van der Waals surface area contributed by atoms with Gasteiger partial charge in [0.15, 0.2) is 0 Å². The van der Waals surface area contributed by atoms with Gasteiger partial charge in [-0.05, 0) is 18.6 Å². The van der Waals surface area contributed by atoms with E-state index in [1.807, 2.05) is 6.92 Å². The molecule has 0 aliphatic rings. The molecule has 0 fully saturated rings. The number of pyridine rings is 1. The zero-order valence-electron chi connectivity index (χ0n) is 9.18. The Labute approximate surface area is 94.1 Å². The van der Waals surface area contributed by atoms with Crippen molar-refractivity contribution in [2.75, 3.05) is 11.9 Å². The van der Waals surface area contributed by atoms with Gasteiger partial charge in [0.25, 0.3) is 0 Å². The number of carboxylic acids is 1. The highest BCUT2D eigenvalue weighted by Crippen LogP contribution is 2.07. The van der Waals surface area contributed by atoms with Crippen molar-refractivity contribution in [3.8, 4) is 0 Å². The smallest absolute Gasteiger partial charge is 0.335 e. The first kappa shape index (κ1) is 12.4. The summed E-state index contributed by atoms with van der Waals surface area (Å²) >= 11 is 0. The second kappa shape index (κ2) is 6.07. The molecule has 5 heteroatoms. The summed E-state index contributed by atoms with van der Waals surface area (Å²) < 4.78 is 0. The third kappa shape index (κ3) is 3.86. The van der Waals surface area contributed by atoms with Crippen molar-refractivity contribution in [2.24, 2.45) is 0 Å². The molecule has 1 aromatic rings. The number of carboxylic acid groups (broad SMARTS) is 1. The number of rotatable bonds is 6. The van der Waals surface area contributed by atoms with E-state index in [0.29, 0.717) is 18.8 Å². The molecule has 0 saturated heterocycles. The summed E-state index contributed by atoms with van der Waals surface area (Å²) in [5.74, 6) is -0.519. The highest BCUT2D eigenvalue weighted by molar-refractivity contribution is 5.88. The lowest BCUT2D eigenvalue weighted by molar-refractivity contribution is 0.0697. The highest BCUT2D eigenvalue weighted by atomic mass is 16.4. The molecule has 88 valence electrons. The first-order chi connectivity index (χ1) is 7.63. The Morgan fingerprint density at radius 2 is 2.38 bits per heavy atom. The first-order valence-electron chi connectivity index (χ1n) is 5.24. The first-order valence-corrected chi connectivity index (χ1v) is 5.24. The standard InChI is InChI=1S/C11H16N2O3/c1-2-3-9(14)7-13-10-6-8(11(15)16)4-5-12-10/h4-6,9,14H,2-3,7H2,1H3,(H,12,13)(H,15,16). The second-order valence-corrected chi connectivity index (χ2v) is 3.56. The molecule has 0 aromatic carbocycles. The Hall–Kier alpha value is -1.62. The summed E-state index contributed by atoms with van der Waals surface area (Å²) in [6.45, 7) is 2.37. The topological polar surface area (TPSA) is 82.5 Å². The summed E-state index contributed by atoms with van der Waals surface area (Å²) in [6, 6.07) is 2.87. The number of hydrogen-bond donors (Lipinski definition) is 3. The summed E-state index contributed by atoms with van der Waals surface area (Å²) in [7, 11) is 0. The van der Waals surface area contributed by atoms with Crippen LogP contribution >= 0.6 is 0 Å². The third-order valence-electron chi connectivity index (χ3n) is 2.15. The third-order valence-corrected chi connectivity index (χ3v) is 2.15. The van der Waals surface area contributed by atoms with E-state index in [-0.39, 0.29) is 5.56 Å². The van der Waals surface area contributed by atoms with Crippen molar-refractivity contribution in [1.29, 1.82) is 0 Å². The molecule has 0 aliphatic carbocycles. The lowest BCUT2D eigenvalue weighted by atomic mass is 10.2. The van der Waals surface area contributed by atoms with E-state index in [1.165, 1.54) is 18.3 Å². The molecule has 0 bridgehead atoms. The normalized spacial score (nSPS) is 12.1. The Morgan fingerprint density at radius 3 is 3.00 bits per heavy atom. The van der Waals surface area contributed by atoms with Crippen LogP contribution in [0, 0.1) is 0 Å². The molecule has 0 saturated carbocycles. The van der Waals surface area contributed by atoms with Crippen LogP contribution in [-0.2, 0) is 0 Å². The van der Waals surface area contributed by atoms with Gasteiger partial charge in [-0.15, -0.1) is 0 Å². The Balaban J connectivity index is 2.54. The van der Waals surface area contributed by atoms with Crippen molar-refractivity contribution in [3.63, 3.8) is 0 Å². The van der Waals surface area contributed by atoms with E-state index in [9.17, 15) is 9.90 Å². The minimum Gasteiger partial charge on any atom is -0.478 e. The van der Waals surface area contributed by atoms with Crippen LogP contribution in [0.5, 0.6) is 0 Å². The molecule has 0 radical (unpaired) electrons. The van der Waals surface area contributed by atoms with E-state index in [2.05, 4.69) is 10.3 Å². The SMILES string of the molecule is CCCC(O)CNc1cc(C(=O)O)ccn1. The van der Waals surface area contributed by atoms with Gasteiger partial charge in [0.1, 0.15) is 5.82 Å². The van der Waals surface area contributed by atoms with Gasteiger partial charge in [-0.1, -0.05) is 13.3 Å². The van der Waals surface area contributed by atoms with Crippen molar-refractivity contribution in [3.05, 3.63) is 23.9 Å². The number of aliphatic hydroxyl groups is 1. The van der Waals surface area contributed by atoms with Crippen molar-refractivity contribution >= 4 is 11.8 Å². The van der Waals surface area contributed by atoms with Crippen LogP contribution in [0.25, 0.3) is 0 Å². The fourth-order valence-corrected chi connectivity index (χ4v) is 1.32. The monoisotopic (exact) mass is 224 g/mol. The fraction of sp³-hybridized carbons (Fsp3) is 0.455. The molecule has 0 spiro atoms. The van der Waals surface area contributed by atoms with Crippen LogP contribution < -0.4 is 5.32 Å². The lowest BCUT2D eigenvalue weighted by Crippen LogP contribution is -2.19. The van der Waals surface area contributed by atoms with Gasteiger partial charge < -0.3 is 15.5 Å². The number of nitrogens with zero attached hydrogens (tertiary/aromatic N) is 1. The molecule has 5 nitrogen and oxygen atoms in total. The Kier molecular flexibility index (Phi) is 4.72. The largest absolute Gasteiger partial charge is 0.478 e. The minimum atomic E-state index is -0.987. The Morgan fingerprint density at radius 1 is 1.62 bits per heavy atom. The fourth-order valence-electron chi connectivity index (χ4n) is 1.32. The zero-order valence-corrected chi connectivity index (χ0v) is 9.18. The molecule has 1 unspecified atom stereocenters. The van der Waals surface area contributed by atoms with Crippen LogP contribution in [0.4, 0.5) is 5.82 Å². The maximum absolute atomic E-state index is 10.7. The van der Waals surface area contributed by atoms with Gasteiger partial charge in [-0.2, -0.15) is 0 Å². The molecule has 16 heavy (non-hydrogen) atoms. The van der Waals surface area contributed by atoms with Crippen LogP contribution in [0.2, 0.25) is 0 Å². The zero-order chi connectivity index (χ0) is 12.0. The average Bonchev–Trinajstić information content (AvgIpc) is 2.27. The summed E-state index contributed by atoms with van der Waals surface area (Å²) in [6.07, 6.45) is 2.62. The van der Waals surface area contributed by atoms with E-state index < -0.39 is 12.1 Å². The van der Waals surface area contributed by atoms with E-state index in [0.717, 1.165) is 6.42 Å².